The summed E-state index contributed by atoms with van der Waals surface area (Å²) in [5, 5.41) is 3.28. The van der Waals surface area contributed by atoms with Gasteiger partial charge in [0.1, 0.15) is 0 Å². The minimum absolute atomic E-state index is 0.223. The highest BCUT2D eigenvalue weighted by molar-refractivity contribution is 5.78. The van der Waals surface area contributed by atoms with Gasteiger partial charge in [-0.05, 0) is 43.4 Å². The van der Waals surface area contributed by atoms with Crippen LogP contribution in [0.15, 0.2) is 0 Å². The third-order valence-electron chi connectivity index (χ3n) is 6.05. The fraction of sp³-hybridized carbons (Fsp3) is 0.941. The number of carbonyl (C=O) groups is 1. The zero-order chi connectivity index (χ0) is 14.8. The summed E-state index contributed by atoms with van der Waals surface area (Å²) < 4.78 is 0. The van der Waals surface area contributed by atoms with Gasteiger partial charge in [-0.3, -0.25) is 9.69 Å². The molecule has 120 valence electrons. The molecule has 3 aliphatic rings. The molecule has 21 heavy (non-hydrogen) atoms. The number of hydrogen-bond donors (Lipinski definition) is 2. The normalized spacial score (nSPS) is 40.8. The van der Waals surface area contributed by atoms with E-state index in [1.807, 2.05) is 0 Å². The van der Waals surface area contributed by atoms with Crippen molar-refractivity contribution in [1.82, 2.24) is 10.2 Å². The van der Waals surface area contributed by atoms with Crippen LogP contribution in [-0.2, 0) is 4.79 Å². The molecule has 1 heterocycles. The summed E-state index contributed by atoms with van der Waals surface area (Å²) in [6.07, 6.45) is 8.73. The minimum atomic E-state index is 0.223. The summed E-state index contributed by atoms with van der Waals surface area (Å²) in [4.78, 5) is 14.7. The number of hydrogen-bond acceptors (Lipinski definition) is 3. The van der Waals surface area contributed by atoms with Crippen LogP contribution in [0.5, 0.6) is 0 Å². The topological polar surface area (TPSA) is 58.4 Å². The van der Waals surface area contributed by atoms with E-state index >= 15 is 0 Å². The lowest BCUT2D eigenvalue weighted by molar-refractivity contribution is -0.123. The average molecular weight is 293 g/mol. The number of nitrogens with zero attached hydrogens (tertiary/aromatic N) is 1. The van der Waals surface area contributed by atoms with Gasteiger partial charge in [0.25, 0.3) is 0 Å². The minimum Gasteiger partial charge on any atom is -0.352 e. The van der Waals surface area contributed by atoms with Crippen molar-refractivity contribution in [1.29, 1.82) is 0 Å². The predicted octanol–water partition coefficient (Wildman–Crippen LogP) is 1.74. The summed E-state index contributed by atoms with van der Waals surface area (Å²) in [6, 6.07) is 0.758. The maximum atomic E-state index is 12.3. The quantitative estimate of drug-likeness (QED) is 0.833. The Morgan fingerprint density at radius 1 is 1.14 bits per heavy atom. The van der Waals surface area contributed by atoms with Gasteiger partial charge in [-0.25, -0.2) is 0 Å². The highest BCUT2D eigenvalue weighted by atomic mass is 16.2. The molecule has 0 aromatic carbocycles. The zero-order valence-corrected chi connectivity index (χ0v) is 13.4. The number of likely N-dealkylation sites (tertiary alicyclic amines) is 1. The van der Waals surface area contributed by atoms with Gasteiger partial charge >= 0.3 is 0 Å². The number of fused-ring (bicyclic) bond motifs is 1. The van der Waals surface area contributed by atoms with Crippen molar-refractivity contribution in [3.63, 3.8) is 0 Å². The van der Waals surface area contributed by atoms with Gasteiger partial charge in [-0.15, -0.1) is 0 Å². The van der Waals surface area contributed by atoms with Gasteiger partial charge in [0.15, 0.2) is 0 Å². The molecule has 0 spiro atoms. The van der Waals surface area contributed by atoms with E-state index in [9.17, 15) is 4.79 Å². The van der Waals surface area contributed by atoms with Crippen molar-refractivity contribution in [2.24, 2.45) is 23.5 Å². The molecule has 2 aliphatic carbocycles. The monoisotopic (exact) mass is 293 g/mol. The first-order chi connectivity index (χ1) is 10.1. The number of nitrogens with one attached hydrogen (secondary N) is 1. The summed E-state index contributed by atoms with van der Waals surface area (Å²) in [6.45, 7) is 4.95. The van der Waals surface area contributed by atoms with E-state index in [1.165, 1.54) is 38.5 Å². The Morgan fingerprint density at radius 3 is 2.71 bits per heavy atom. The lowest BCUT2D eigenvalue weighted by atomic mass is 9.78. The first kappa shape index (κ1) is 15.3. The molecule has 0 aromatic heterocycles. The smallest absolute Gasteiger partial charge is 0.234 e. The Labute approximate surface area is 128 Å². The van der Waals surface area contributed by atoms with E-state index in [2.05, 4.69) is 17.1 Å². The molecule has 4 nitrogen and oxygen atoms in total. The Balaban J connectivity index is 1.47. The molecule has 1 saturated heterocycles. The molecule has 3 rings (SSSR count). The van der Waals surface area contributed by atoms with Crippen LogP contribution in [0.3, 0.4) is 0 Å². The van der Waals surface area contributed by atoms with Crippen LogP contribution < -0.4 is 11.1 Å². The maximum absolute atomic E-state index is 12.3. The predicted molar refractivity (Wildman–Crippen MR) is 84.8 cm³/mol. The molecular formula is C17H31N3O. The second-order valence-electron chi connectivity index (χ2n) is 7.65. The van der Waals surface area contributed by atoms with Gasteiger partial charge in [0.2, 0.25) is 5.91 Å². The number of carbonyl (C=O) groups excluding carboxylic acids is 1. The molecule has 2 saturated carbocycles. The third kappa shape index (κ3) is 3.59. The molecule has 4 heteroatoms. The molecule has 3 N–H and O–H groups in total. The molecule has 1 amide bonds. The fourth-order valence-electron chi connectivity index (χ4n) is 4.72. The SMILES string of the molecule is CC1CCCCC1NC(=O)CN1CC2CCCC(N)C2C1. The van der Waals surface area contributed by atoms with Gasteiger partial charge < -0.3 is 11.1 Å². The third-order valence-corrected chi connectivity index (χ3v) is 6.05. The van der Waals surface area contributed by atoms with Crippen molar-refractivity contribution in [3.05, 3.63) is 0 Å². The highest BCUT2D eigenvalue weighted by Crippen LogP contribution is 2.35. The van der Waals surface area contributed by atoms with Gasteiger partial charge in [-0.1, -0.05) is 26.2 Å². The summed E-state index contributed by atoms with van der Waals surface area (Å²) in [5.74, 6) is 2.22. The largest absolute Gasteiger partial charge is 0.352 e. The second kappa shape index (κ2) is 6.66. The van der Waals surface area contributed by atoms with Crippen molar-refractivity contribution in [3.8, 4) is 0 Å². The Hall–Kier alpha value is -0.610. The van der Waals surface area contributed by atoms with Crippen LogP contribution in [0.1, 0.15) is 51.9 Å². The summed E-state index contributed by atoms with van der Waals surface area (Å²) in [7, 11) is 0. The van der Waals surface area contributed by atoms with Crippen LogP contribution >= 0.6 is 0 Å². The van der Waals surface area contributed by atoms with Crippen molar-refractivity contribution in [2.75, 3.05) is 19.6 Å². The molecule has 0 radical (unpaired) electrons. The van der Waals surface area contributed by atoms with Crippen molar-refractivity contribution in [2.45, 2.75) is 64.0 Å². The number of amides is 1. The van der Waals surface area contributed by atoms with E-state index in [0.717, 1.165) is 25.4 Å². The summed E-state index contributed by atoms with van der Waals surface area (Å²) >= 11 is 0. The van der Waals surface area contributed by atoms with Gasteiger partial charge in [0.05, 0.1) is 6.54 Å². The van der Waals surface area contributed by atoms with Crippen LogP contribution in [0.2, 0.25) is 0 Å². The molecule has 5 unspecified atom stereocenters. The van der Waals surface area contributed by atoms with E-state index in [-0.39, 0.29) is 5.91 Å². The van der Waals surface area contributed by atoms with E-state index in [4.69, 9.17) is 5.73 Å². The fourth-order valence-corrected chi connectivity index (χ4v) is 4.72. The Kier molecular flexibility index (Phi) is 4.85. The molecule has 3 fully saturated rings. The van der Waals surface area contributed by atoms with Crippen LogP contribution in [0.4, 0.5) is 0 Å². The van der Waals surface area contributed by atoms with Crippen LogP contribution in [0, 0.1) is 17.8 Å². The van der Waals surface area contributed by atoms with Gasteiger partial charge in [0, 0.05) is 25.2 Å². The average Bonchev–Trinajstić information content (AvgIpc) is 2.85. The molecular weight excluding hydrogens is 262 g/mol. The zero-order valence-electron chi connectivity index (χ0n) is 13.4. The standard InChI is InChI=1S/C17H31N3O/c1-12-5-2-3-8-16(12)19-17(21)11-20-9-13-6-4-7-15(18)14(13)10-20/h12-16H,2-11,18H2,1H3,(H,19,21). The second-order valence-corrected chi connectivity index (χ2v) is 7.65. The maximum Gasteiger partial charge on any atom is 0.234 e. The van der Waals surface area contributed by atoms with Crippen LogP contribution in [0.25, 0.3) is 0 Å². The van der Waals surface area contributed by atoms with E-state index in [0.29, 0.717) is 30.5 Å². The lowest BCUT2D eigenvalue weighted by Crippen LogP contribution is -2.45. The van der Waals surface area contributed by atoms with E-state index in [1.54, 1.807) is 0 Å². The first-order valence-electron chi connectivity index (χ1n) is 8.91. The first-order valence-corrected chi connectivity index (χ1v) is 8.91. The van der Waals surface area contributed by atoms with Crippen molar-refractivity contribution < 1.29 is 4.79 Å². The lowest BCUT2D eigenvalue weighted by Gasteiger charge is -2.30. The van der Waals surface area contributed by atoms with Gasteiger partial charge in [-0.2, -0.15) is 0 Å². The molecule has 0 aromatic rings. The Bertz CT molecular complexity index is 373. The molecule has 5 atom stereocenters. The van der Waals surface area contributed by atoms with E-state index < -0.39 is 0 Å². The van der Waals surface area contributed by atoms with Crippen LogP contribution in [-0.4, -0.2) is 42.5 Å². The van der Waals surface area contributed by atoms with Crippen molar-refractivity contribution >= 4 is 5.91 Å². The Morgan fingerprint density at radius 2 is 1.95 bits per heavy atom. The summed E-state index contributed by atoms with van der Waals surface area (Å²) in [5.41, 5.74) is 6.25. The molecule has 1 aliphatic heterocycles. The highest BCUT2D eigenvalue weighted by Gasteiger charge is 2.39. The number of rotatable bonds is 3. The number of nitrogens with two attached hydrogens (primary N) is 1. The molecule has 0 bridgehead atoms.